The number of rotatable bonds is 9. The minimum Gasteiger partial charge on any atom is -1.00 e. The molecule has 2 heterocycles. The number of alkyl carbamates (subject to hydrolysis) is 1. The minimum absolute atomic E-state index is 0. The van der Waals surface area contributed by atoms with Crippen LogP contribution in [0.4, 0.5) is 21.0 Å². The van der Waals surface area contributed by atoms with Crippen LogP contribution in [0, 0.1) is 10.4 Å². The molecule has 0 aliphatic carbocycles. The number of alkyl halides is 1. The third kappa shape index (κ3) is 11.4. The number of benzene rings is 4. The Morgan fingerprint density at radius 1 is 0.820 bits per heavy atom. The van der Waals surface area contributed by atoms with E-state index in [0.717, 1.165) is 44.5 Å². The Morgan fingerprint density at radius 3 is 1.76 bits per heavy atom. The summed E-state index contributed by atoms with van der Waals surface area (Å²) in [6.07, 6.45) is -0.616. The number of cyclic esters (lactones) is 2. The number of amides is 2. The van der Waals surface area contributed by atoms with E-state index >= 15 is 0 Å². The first-order valence-electron chi connectivity index (χ1n) is 15.0. The molecule has 0 spiro atoms. The summed E-state index contributed by atoms with van der Waals surface area (Å²) >= 11 is 3.41. The van der Waals surface area contributed by atoms with Crippen molar-refractivity contribution in [1.82, 2.24) is 10.2 Å². The van der Waals surface area contributed by atoms with Crippen LogP contribution >= 0.6 is 15.9 Å². The number of nitrogens with zero attached hydrogens (tertiary/aromatic N) is 1. The van der Waals surface area contributed by atoms with E-state index in [2.05, 4.69) is 26.0 Å². The first kappa shape index (κ1) is 40.7. The van der Waals surface area contributed by atoms with Gasteiger partial charge in [-0.15, -0.1) is 0 Å². The normalized spacial score (nSPS) is 14.3. The molecule has 14 nitrogen and oxygen atoms in total. The molecular formula is C34H38BrN4NaO10. The van der Waals surface area contributed by atoms with Gasteiger partial charge in [-0.2, -0.15) is 10.5 Å². The molecular weight excluding hydrogens is 727 g/mol. The Bertz CT molecular complexity index is 1730. The second kappa shape index (κ2) is 20.2. The molecule has 2 saturated heterocycles. The summed E-state index contributed by atoms with van der Waals surface area (Å²) in [6.45, 7) is 2.60. The Labute approximate surface area is 321 Å². The first-order chi connectivity index (χ1) is 23.6. The maximum Gasteiger partial charge on any atom is 1.00 e. The third-order valence-corrected chi connectivity index (χ3v) is 7.99. The fraction of sp³-hybridized carbons (Fsp3) is 0.235. The van der Waals surface area contributed by atoms with Crippen molar-refractivity contribution in [3.05, 3.63) is 106 Å². The van der Waals surface area contributed by atoms with Crippen molar-refractivity contribution in [2.45, 2.75) is 11.9 Å². The quantitative estimate of drug-likeness (QED) is 0.0945. The Morgan fingerprint density at radius 2 is 1.36 bits per heavy atom. The van der Waals surface area contributed by atoms with Crippen molar-refractivity contribution in [3.63, 3.8) is 0 Å². The van der Waals surface area contributed by atoms with Gasteiger partial charge in [0, 0.05) is 47.3 Å². The SMILES string of the molecule is COc1ccc(CBr)cc1-c1cccc([NH+]([O-])O)c1.COc1ccc(CN2CCOC2=O)cc1-c1cccc([NH+]([O-])O)c1.O=C1NCCO1.[H-].[Na+]. The van der Waals surface area contributed by atoms with E-state index < -0.39 is 10.5 Å². The summed E-state index contributed by atoms with van der Waals surface area (Å²) < 4.78 is 20.1. The average molecular weight is 766 g/mol. The summed E-state index contributed by atoms with van der Waals surface area (Å²) in [7, 11) is 3.17. The molecule has 50 heavy (non-hydrogen) atoms. The second-order valence-electron chi connectivity index (χ2n) is 10.6. The van der Waals surface area contributed by atoms with Gasteiger partial charge in [-0.3, -0.25) is 0 Å². The zero-order valence-corrected chi connectivity index (χ0v) is 31.4. The number of methoxy groups -OCH3 is 2. The van der Waals surface area contributed by atoms with Crippen molar-refractivity contribution in [2.75, 3.05) is 40.5 Å². The molecule has 2 amide bonds. The summed E-state index contributed by atoms with van der Waals surface area (Å²) in [5, 5.41) is 41.7. The smallest absolute Gasteiger partial charge is 1.00 e. The predicted molar refractivity (Wildman–Crippen MR) is 183 cm³/mol. The van der Waals surface area contributed by atoms with Crippen molar-refractivity contribution in [2.24, 2.45) is 0 Å². The zero-order valence-electron chi connectivity index (χ0n) is 28.8. The number of hydrogen-bond acceptors (Lipinski definition) is 10. The summed E-state index contributed by atoms with van der Waals surface area (Å²) in [4.78, 5) is 23.1. The number of ether oxygens (including phenoxy) is 4. The van der Waals surface area contributed by atoms with Gasteiger partial charge in [0.05, 0.1) is 27.3 Å². The van der Waals surface area contributed by atoms with Gasteiger partial charge in [0.2, 0.25) is 0 Å². The van der Waals surface area contributed by atoms with Gasteiger partial charge >= 0.3 is 41.7 Å². The van der Waals surface area contributed by atoms with Gasteiger partial charge in [-0.25, -0.2) is 20.0 Å². The fourth-order valence-corrected chi connectivity index (χ4v) is 5.27. The van der Waals surface area contributed by atoms with Crippen LogP contribution < -0.4 is 54.8 Å². The van der Waals surface area contributed by atoms with E-state index in [1.54, 1.807) is 55.5 Å². The van der Waals surface area contributed by atoms with Crippen LogP contribution in [0.1, 0.15) is 12.6 Å². The number of carbonyl (C=O) groups excluding carboxylic acids is 2. The van der Waals surface area contributed by atoms with Crippen molar-refractivity contribution >= 4 is 39.5 Å². The third-order valence-electron chi connectivity index (χ3n) is 7.35. The molecule has 4 aromatic carbocycles. The molecule has 262 valence electrons. The van der Waals surface area contributed by atoms with E-state index in [9.17, 15) is 20.0 Å². The monoisotopic (exact) mass is 764 g/mol. The molecule has 0 saturated carbocycles. The van der Waals surface area contributed by atoms with E-state index in [-0.39, 0.29) is 54.5 Å². The Kier molecular flexibility index (Phi) is 16.4. The number of nitrogens with one attached hydrogen (secondary N) is 3. The molecule has 6 rings (SSSR count). The van der Waals surface area contributed by atoms with Gasteiger partial charge < -0.3 is 41.0 Å². The Hall–Kier alpha value is -3.74. The van der Waals surface area contributed by atoms with E-state index in [1.807, 2.05) is 48.5 Å². The number of halogens is 1. The molecule has 4 aromatic rings. The molecule has 2 fully saturated rings. The van der Waals surface area contributed by atoms with Crippen molar-refractivity contribution in [3.8, 4) is 33.8 Å². The van der Waals surface area contributed by atoms with Crippen molar-refractivity contribution in [1.29, 1.82) is 0 Å². The summed E-state index contributed by atoms with van der Waals surface area (Å²) in [5.74, 6) is 1.37. The number of quaternary nitrogens is 2. The van der Waals surface area contributed by atoms with Gasteiger partial charge in [0.15, 0.2) is 11.4 Å². The zero-order chi connectivity index (χ0) is 35.3. The molecule has 5 N–H and O–H groups in total. The average Bonchev–Trinajstić information content (AvgIpc) is 3.78. The predicted octanol–water partition coefficient (Wildman–Crippen LogP) is 1.22. The van der Waals surface area contributed by atoms with Crippen LogP contribution in [0.2, 0.25) is 0 Å². The van der Waals surface area contributed by atoms with Crippen LogP contribution in [0.5, 0.6) is 11.5 Å². The van der Waals surface area contributed by atoms with Crippen LogP contribution in [0.15, 0.2) is 84.9 Å². The Balaban J connectivity index is 0.000000298. The topological polar surface area (TPSA) is 182 Å². The fourth-order valence-electron chi connectivity index (χ4n) is 4.92. The van der Waals surface area contributed by atoms with Gasteiger partial charge in [-0.1, -0.05) is 52.3 Å². The van der Waals surface area contributed by atoms with Crippen LogP contribution in [-0.4, -0.2) is 68.0 Å². The molecule has 16 heteroatoms. The van der Waals surface area contributed by atoms with Crippen molar-refractivity contribution < 1.29 is 80.4 Å². The van der Waals surface area contributed by atoms with Crippen LogP contribution in [-0.2, 0) is 21.3 Å². The van der Waals surface area contributed by atoms with E-state index in [0.29, 0.717) is 38.6 Å². The van der Waals surface area contributed by atoms with Crippen LogP contribution in [0.3, 0.4) is 0 Å². The summed E-state index contributed by atoms with van der Waals surface area (Å²) in [6, 6.07) is 25.0. The maximum absolute atomic E-state index is 11.6. The minimum atomic E-state index is -0.980. The van der Waals surface area contributed by atoms with E-state index in [1.165, 1.54) is 0 Å². The number of hydrogen-bond donors (Lipinski definition) is 5. The number of carbonyl (C=O) groups is 2. The molecule has 0 aromatic heterocycles. The van der Waals surface area contributed by atoms with Crippen LogP contribution in [0.25, 0.3) is 22.3 Å². The second-order valence-corrected chi connectivity index (χ2v) is 11.1. The molecule has 2 aliphatic rings. The summed E-state index contributed by atoms with van der Waals surface area (Å²) in [5.41, 5.74) is 5.76. The standard InChI is InChI=1S/C17H18N2O5.C14H14BrNO3.C3H5NO2.Na.H/c1-23-16-6-5-12(11-18-7-8-24-17(18)20)9-15(16)13-3-2-4-14(10-13)19(21)22;1-19-14-6-5-10(9-15)7-13(14)11-3-2-4-12(8-11)16(17)18;5-3-4-1-2-6-3;;/h2-6,9-10,19,21H,7-8,11H2,1H3;2-8,16-17H,9H2,1H3;1-2H2,(H,4,5);;/q;;;+1;-1. The molecule has 0 radical (unpaired) electrons. The largest absolute Gasteiger partial charge is 1.00 e. The molecule has 2 aliphatic heterocycles. The first-order valence-corrected chi connectivity index (χ1v) is 16.1. The van der Waals surface area contributed by atoms with Gasteiger partial charge in [0.1, 0.15) is 24.7 Å². The van der Waals surface area contributed by atoms with Gasteiger partial charge in [-0.05, 0) is 46.5 Å². The van der Waals surface area contributed by atoms with Gasteiger partial charge in [0.25, 0.3) is 0 Å². The molecule has 0 bridgehead atoms. The maximum atomic E-state index is 11.6. The molecule has 2 atom stereocenters. The molecule has 2 unspecified atom stereocenters. The van der Waals surface area contributed by atoms with E-state index in [4.69, 9.17) is 24.6 Å².